The first kappa shape index (κ1) is 13.2. The molecule has 0 atom stereocenters. The minimum absolute atomic E-state index is 1.01. The van der Waals surface area contributed by atoms with Crippen LogP contribution < -0.4 is 0 Å². The van der Waals surface area contributed by atoms with E-state index in [1.165, 1.54) is 64.2 Å². The molecule has 0 heteroatoms. The summed E-state index contributed by atoms with van der Waals surface area (Å²) in [6.45, 7) is 6.27. The zero-order valence-electron chi connectivity index (χ0n) is 11.7. The molecular formula is C17H30. The maximum absolute atomic E-state index is 3.84. The highest BCUT2D eigenvalue weighted by atomic mass is 14.3. The van der Waals surface area contributed by atoms with Crippen LogP contribution in [0.2, 0.25) is 0 Å². The number of rotatable bonds is 4. The van der Waals surface area contributed by atoms with E-state index in [0.29, 0.717) is 0 Å². The minimum atomic E-state index is 1.01. The van der Waals surface area contributed by atoms with E-state index in [4.69, 9.17) is 0 Å². The van der Waals surface area contributed by atoms with E-state index >= 15 is 0 Å². The van der Waals surface area contributed by atoms with Crippen LogP contribution in [0.25, 0.3) is 0 Å². The van der Waals surface area contributed by atoms with E-state index in [9.17, 15) is 0 Å². The molecule has 0 aromatic rings. The van der Waals surface area contributed by atoms with Crippen molar-refractivity contribution in [1.82, 2.24) is 0 Å². The van der Waals surface area contributed by atoms with Gasteiger partial charge in [0.25, 0.3) is 0 Å². The first-order chi connectivity index (χ1) is 8.29. The smallest absolute Gasteiger partial charge is 0.0351 e. The first-order valence-corrected chi connectivity index (χ1v) is 7.90. The summed E-state index contributed by atoms with van der Waals surface area (Å²) in [5.41, 5.74) is 0. The van der Waals surface area contributed by atoms with Crippen molar-refractivity contribution < 1.29 is 0 Å². The SMILES string of the molecule is C=CCCC1CCC(C2CCC(C)CC2)CC1. The average molecular weight is 234 g/mol. The molecule has 0 heterocycles. The molecule has 2 fully saturated rings. The summed E-state index contributed by atoms with van der Waals surface area (Å²) in [5, 5.41) is 0. The molecule has 17 heavy (non-hydrogen) atoms. The van der Waals surface area contributed by atoms with Crippen LogP contribution in [0.5, 0.6) is 0 Å². The molecule has 0 amide bonds. The van der Waals surface area contributed by atoms with Crippen molar-refractivity contribution in [2.45, 2.75) is 71.1 Å². The minimum Gasteiger partial charge on any atom is -0.103 e. The van der Waals surface area contributed by atoms with Crippen molar-refractivity contribution in [1.29, 1.82) is 0 Å². The van der Waals surface area contributed by atoms with Gasteiger partial charge in [0.05, 0.1) is 0 Å². The fourth-order valence-corrected chi connectivity index (χ4v) is 4.06. The zero-order chi connectivity index (χ0) is 12.1. The third-order valence-electron chi connectivity index (χ3n) is 5.40. The Bertz CT molecular complexity index is 214. The van der Waals surface area contributed by atoms with Gasteiger partial charge in [-0.25, -0.2) is 0 Å². The van der Waals surface area contributed by atoms with Gasteiger partial charge in [-0.3, -0.25) is 0 Å². The van der Waals surface area contributed by atoms with E-state index in [2.05, 4.69) is 19.6 Å². The number of hydrogen-bond acceptors (Lipinski definition) is 0. The molecule has 0 spiro atoms. The lowest BCUT2D eigenvalue weighted by Gasteiger charge is -2.37. The Kier molecular flexibility index (Phi) is 5.13. The Hall–Kier alpha value is -0.260. The summed E-state index contributed by atoms with van der Waals surface area (Å²) in [7, 11) is 0. The van der Waals surface area contributed by atoms with Gasteiger partial charge in [-0.15, -0.1) is 6.58 Å². The fraction of sp³-hybridized carbons (Fsp3) is 0.882. The molecule has 0 aromatic carbocycles. The molecule has 2 aliphatic rings. The summed E-state index contributed by atoms with van der Waals surface area (Å²) >= 11 is 0. The van der Waals surface area contributed by atoms with E-state index in [-0.39, 0.29) is 0 Å². The Labute approximate surface area is 108 Å². The quantitative estimate of drug-likeness (QED) is 0.557. The Morgan fingerprint density at radius 1 is 0.882 bits per heavy atom. The second-order valence-corrected chi connectivity index (χ2v) is 6.67. The van der Waals surface area contributed by atoms with E-state index < -0.39 is 0 Å². The van der Waals surface area contributed by atoms with Gasteiger partial charge in [-0.2, -0.15) is 0 Å². The maximum atomic E-state index is 3.84. The monoisotopic (exact) mass is 234 g/mol. The molecule has 0 unspecified atom stereocenters. The standard InChI is InChI=1S/C17H30/c1-3-4-5-15-8-12-17(13-9-15)16-10-6-14(2)7-11-16/h3,14-17H,1,4-13H2,2H3. The lowest BCUT2D eigenvalue weighted by molar-refractivity contribution is 0.148. The van der Waals surface area contributed by atoms with Gasteiger partial charge in [-0.1, -0.05) is 38.7 Å². The summed E-state index contributed by atoms with van der Waals surface area (Å²) in [5.74, 6) is 4.20. The Morgan fingerprint density at radius 3 is 1.94 bits per heavy atom. The normalized spacial score (nSPS) is 38.9. The van der Waals surface area contributed by atoms with Crippen molar-refractivity contribution in [3.63, 3.8) is 0 Å². The van der Waals surface area contributed by atoms with Crippen molar-refractivity contribution in [2.24, 2.45) is 23.7 Å². The zero-order valence-corrected chi connectivity index (χ0v) is 11.7. The van der Waals surface area contributed by atoms with Crippen LogP contribution in [0.15, 0.2) is 12.7 Å². The molecule has 2 rings (SSSR count). The van der Waals surface area contributed by atoms with Gasteiger partial charge in [0.1, 0.15) is 0 Å². The van der Waals surface area contributed by atoms with E-state index in [1.807, 2.05) is 0 Å². The van der Waals surface area contributed by atoms with Gasteiger partial charge in [0.2, 0.25) is 0 Å². The van der Waals surface area contributed by atoms with Gasteiger partial charge >= 0.3 is 0 Å². The van der Waals surface area contributed by atoms with Crippen molar-refractivity contribution in [3.8, 4) is 0 Å². The third kappa shape index (κ3) is 3.86. The van der Waals surface area contributed by atoms with Gasteiger partial charge < -0.3 is 0 Å². The van der Waals surface area contributed by atoms with E-state index in [1.54, 1.807) is 0 Å². The molecule has 0 bridgehead atoms. The number of allylic oxidation sites excluding steroid dienone is 1. The van der Waals surface area contributed by atoms with Crippen molar-refractivity contribution in [2.75, 3.05) is 0 Å². The molecule has 98 valence electrons. The van der Waals surface area contributed by atoms with Gasteiger partial charge in [0, 0.05) is 0 Å². The van der Waals surface area contributed by atoms with Crippen LogP contribution in [-0.2, 0) is 0 Å². The third-order valence-corrected chi connectivity index (χ3v) is 5.40. The molecular weight excluding hydrogens is 204 g/mol. The molecule has 0 saturated heterocycles. The van der Waals surface area contributed by atoms with Gasteiger partial charge in [-0.05, 0) is 62.2 Å². The summed E-state index contributed by atoms with van der Waals surface area (Å²) in [4.78, 5) is 0. The van der Waals surface area contributed by atoms with Crippen LogP contribution in [0.1, 0.15) is 71.1 Å². The predicted molar refractivity (Wildman–Crippen MR) is 76.0 cm³/mol. The Morgan fingerprint density at radius 2 is 1.41 bits per heavy atom. The highest BCUT2D eigenvalue weighted by Gasteiger charge is 2.29. The van der Waals surface area contributed by atoms with Crippen LogP contribution in [0, 0.1) is 23.7 Å². The molecule has 2 saturated carbocycles. The molecule has 2 aliphatic carbocycles. The average Bonchev–Trinajstić information content (AvgIpc) is 2.38. The fourth-order valence-electron chi connectivity index (χ4n) is 4.06. The van der Waals surface area contributed by atoms with Crippen LogP contribution in [0.4, 0.5) is 0 Å². The first-order valence-electron chi connectivity index (χ1n) is 7.90. The molecule has 0 nitrogen and oxygen atoms in total. The van der Waals surface area contributed by atoms with Crippen LogP contribution >= 0.6 is 0 Å². The topological polar surface area (TPSA) is 0 Å². The number of hydrogen-bond donors (Lipinski definition) is 0. The molecule has 0 aliphatic heterocycles. The lowest BCUT2D eigenvalue weighted by atomic mass is 9.69. The second-order valence-electron chi connectivity index (χ2n) is 6.67. The van der Waals surface area contributed by atoms with Gasteiger partial charge in [0.15, 0.2) is 0 Å². The largest absolute Gasteiger partial charge is 0.103 e. The molecule has 0 N–H and O–H groups in total. The highest BCUT2D eigenvalue weighted by molar-refractivity contribution is 4.82. The van der Waals surface area contributed by atoms with Crippen LogP contribution in [-0.4, -0.2) is 0 Å². The second kappa shape index (κ2) is 6.61. The lowest BCUT2D eigenvalue weighted by Crippen LogP contribution is -2.25. The summed E-state index contributed by atoms with van der Waals surface area (Å²) in [6.07, 6.45) is 16.9. The maximum Gasteiger partial charge on any atom is -0.0351 e. The summed E-state index contributed by atoms with van der Waals surface area (Å²) in [6, 6.07) is 0. The summed E-state index contributed by atoms with van der Waals surface area (Å²) < 4.78 is 0. The molecule has 0 radical (unpaired) electrons. The van der Waals surface area contributed by atoms with E-state index in [0.717, 1.165) is 23.7 Å². The van der Waals surface area contributed by atoms with Crippen LogP contribution in [0.3, 0.4) is 0 Å². The predicted octanol–water partition coefficient (Wildman–Crippen LogP) is 5.59. The van der Waals surface area contributed by atoms with Crippen molar-refractivity contribution >= 4 is 0 Å². The Balaban J connectivity index is 1.69. The molecule has 0 aromatic heterocycles. The highest BCUT2D eigenvalue weighted by Crippen LogP contribution is 2.41. The van der Waals surface area contributed by atoms with Crippen molar-refractivity contribution in [3.05, 3.63) is 12.7 Å².